The van der Waals surface area contributed by atoms with Crippen molar-refractivity contribution in [3.63, 3.8) is 0 Å². The maximum absolute atomic E-state index is 5.57. The van der Waals surface area contributed by atoms with Crippen LogP contribution >= 0.6 is 15.9 Å². The van der Waals surface area contributed by atoms with E-state index in [0.717, 1.165) is 48.7 Å². The summed E-state index contributed by atoms with van der Waals surface area (Å²) in [6.07, 6.45) is 4.75. The standard InChI is InChI=1S/C14H20BrN3O/c1-2-16-14-11(15)12(9-5-6-9)17-13(18-14)10-4-3-7-19-8-10/h9-10H,2-8H2,1H3,(H,16,17,18). The van der Waals surface area contributed by atoms with Crippen LogP contribution < -0.4 is 5.32 Å². The number of nitrogens with one attached hydrogen (secondary N) is 1. The van der Waals surface area contributed by atoms with Gasteiger partial charge in [-0.2, -0.15) is 0 Å². The summed E-state index contributed by atoms with van der Waals surface area (Å²) in [5, 5.41) is 3.34. The highest BCUT2D eigenvalue weighted by atomic mass is 79.9. The van der Waals surface area contributed by atoms with Gasteiger partial charge in [-0.05, 0) is 48.5 Å². The van der Waals surface area contributed by atoms with Gasteiger partial charge < -0.3 is 10.1 Å². The first-order valence-corrected chi connectivity index (χ1v) is 7.97. The number of rotatable bonds is 4. The summed E-state index contributed by atoms with van der Waals surface area (Å²) in [5.41, 5.74) is 1.19. The molecule has 1 N–H and O–H groups in total. The molecule has 1 aromatic rings. The minimum Gasteiger partial charge on any atom is -0.381 e. The summed E-state index contributed by atoms with van der Waals surface area (Å²) in [4.78, 5) is 9.53. The van der Waals surface area contributed by atoms with E-state index in [-0.39, 0.29) is 0 Å². The van der Waals surface area contributed by atoms with Crippen molar-refractivity contribution in [3.05, 3.63) is 16.0 Å². The molecule has 1 atom stereocenters. The van der Waals surface area contributed by atoms with Crippen LogP contribution in [0.5, 0.6) is 0 Å². The Morgan fingerprint density at radius 3 is 2.74 bits per heavy atom. The monoisotopic (exact) mass is 325 g/mol. The zero-order chi connectivity index (χ0) is 13.2. The molecule has 1 saturated carbocycles. The Labute approximate surface area is 122 Å². The molecule has 2 aliphatic rings. The lowest BCUT2D eigenvalue weighted by Gasteiger charge is -2.22. The van der Waals surface area contributed by atoms with Crippen molar-refractivity contribution in [3.8, 4) is 0 Å². The van der Waals surface area contributed by atoms with Gasteiger partial charge in [0.1, 0.15) is 11.6 Å². The number of nitrogens with zero attached hydrogens (tertiary/aromatic N) is 2. The van der Waals surface area contributed by atoms with Gasteiger partial charge in [0.15, 0.2) is 0 Å². The molecule has 4 nitrogen and oxygen atoms in total. The molecular formula is C14H20BrN3O. The Balaban J connectivity index is 1.93. The maximum atomic E-state index is 5.57. The first-order chi connectivity index (χ1) is 9.29. The third-order valence-corrected chi connectivity index (χ3v) is 4.51. The summed E-state index contributed by atoms with van der Waals surface area (Å²) < 4.78 is 6.62. The van der Waals surface area contributed by atoms with Crippen LogP contribution in [0.15, 0.2) is 4.47 Å². The zero-order valence-corrected chi connectivity index (χ0v) is 12.9. The molecule has 104 valence electrons. The second kappa shape index (κ2) is 5.75. The van der Waals surface area contributed by atoms with Crippen molar-refractivity contribution in [2.45, 2.75) is 44.4 Å². The highest BCUT2D eigenvalue weighted by Gasteiger charge is 2.31. The van der Waals surface area contributed by atoms with Crippen LogP contribution in [0.4, 0.5) is 5.82 Å². The summed E-state index contributed by atoms with van der Waals surface area (Å²) in [6.45, 7) is 4.61. The molecule has 0 radical (unpaired) electrons. The van der Waals surface area contributed by atoms with Gasteiger partial charge in [0.05, 0.1) is 16.8 Å². The molecule has 0 spiro atoms. The lowest BCUT2D eigenvalue weighted by molar-refractivity contribution is 0.0780. The zero-order valence-electron chi connectivity index (χ0n) is 11.3. The SMILES string of the molecule is CCNc1nc(C2CCCOC2)nc(C2CC2)c1Br. The molecule has 3 rings (SSSR count). The molecule has 1 unspecified atom stereocenters. The van der Waals surface area contributed by atoms with Gasteiger partial charge in [0.2, 0.25) is 0 Å². The average molecular weight is 326 g/mol. The fourth-order valence-electron chi connectivity index (χ4n) is 2.52. The van der Waals surface area contributed by atoms with Gasteiger partial charge in [0, 0.05) is 25.0 Å². The summed E-state index contributed by atoms with van der Waals surface area (Å²) in [6, 6.07) is 0. The minimum absolute atomic E-state index is 0.358. The van der Waals surface area contributed by atoms with Gasteiger partial charge >= 0.3 is 0 Å². The Morgan fingerprint density at radius 1 is 1.26 bits per heavy atom. The second-order valence-corrected chi connectivity index (χ2v) is 6.14. The van der Waals surface area contributed by atoms with Crippen LogP contribution in [0.1, 0.15) is 56.0 Å². The maximum Gasteiger partial charge on any atom is 0.144 e. The predicted octanol–water partition coefficient (Wildman–Crippen LogP) is 3.44. The topological polar surface area (TPSA) is 47.0 Å². The Morgan fingerprint density at radius 2 is 2.11 bits per heavy atom. The number of anilines is 1. The van der Waals surface area contributed by atoms with E-state index in [1.54, 1.807) is 0 Å². The lowest BCUT2D eigenvalue weighted by Crippen LogP contribution is -2.19. The summed E-state index contributed by atoms with van der Waals surface area (Å²) >= 11 is 3.66. The van der Waals surface area contributed by atoms with E-state index in [0.29, 0.717) is 11.8 Å². The van der Waals surface area contributed by atoms with Crippen molar-refractivity contribution in [2.24, 2.45) is 0 Å². The van der Waals surface area contributed by atoms with E-state index in [4.69, 9.17) is 14.7 Å². The summed E-state index contributed by atoms with van der Waals surface area (Å²) in [7, 11) is 0. The fraction of sp³-hybridized carbons (Fsp3) is 0.714. The Hall–Kier alpha value is -0.680. The Bertz CT molecular complexity index is 456. The lowest BCUT2D eigenvalue weighted by atomic mass is 10.0. The van der Waals surface area contributed by atoms with E-state index >= 15 is 0 Å². The molecule has 0 amide bonds. The smallest absolute Gasteiger partial charge is 0.144 e. The molecule has 1 saturated heterocycles. The van der Waals surface area contributed by atoms with Crippen molar-refractivity contribution in [2.75, 3.05) is 25.1 Å². The van der Waals surface area contributed by atoms with Crippen molar-refractivity contribution < 1.29 is 4.74 Å². The van der Waals surface area contributed by atoms with Crippen LogP contribution in [0, 0.1) is 0 Å². The molecule has 1 aliphatic heterocycles. The molecule has 2 fully saturated rings. The third-order valence-electron chi connectivity index (χ3n) is 3.73. The van der Waals surface area contributed by atoms with Gasteiger partial charge in [0.25, 0.3) is 0 Å². The largest absolute Gasteiger partial charge is 0.381 e. The average Bonchev–Trinajstić information content (AvgIpc) is 3.27. The summed E-state index contributed by atoms with van der Waals surface area (Å²) in [5.74, 6) is 2.88. The molecule has 2 heterocycles. The van der Waals surface area contributed by atoms with Gasteiger partial charge in [-0.3, -0.25) is 0 Å². The second-order valence-electron chi connectivity index (χ2n) is 5.35. The molecular weight excluding hydrogens is 306 g/mol. The van der Waals surface area contributed by atoms with Gasteiger partial charge in [-0.1, -0.05) is 0 Å². The van der Waals surface area contributed by atoms with Crippen molar-refractivity contribution >= 4 is 21.7 Å². The molecule has 19 heavy (non-hydrogen) atoms. The van der Waals surface area contributed by atoms with Crippen molar-refractivity contribution in [1.82, 2.24) is 9.97 Å². The number of halogens is 1. The predicted molar refractivity (Wildman–Crippen MR) is 78.7 cm³/mol. The molecule has 0 bridgehead atoms. The first kappa shape index (κ1) is 13.3. The molecule has 0 aromatic carbocycles. The highest BCUT2D eigenvalue weighted by molar-refractivity contribution is 9.10. The van der Waals surface area contributed by atoms with Crippen LogP contribution in [0.3, 0.4) is 0 Å². The minimum atomic E-state index is 0.358. The number of hydrogen-bond donors (Lipinski definition) is 1. The fourth-order valence-corrected chi connectivity index (χ4v) is 3.16. The van der Waals surface area contributed by atoms with Crippen LogP contribution in [0.2, 0.25) is 0 Å². The van der Waals surface area contributed by atoms with Gasteiger partial charge in [-0.15, -0.1) is 0 Å². The van der Waals surface area contributed by atoms with E-state index in [2.05, 4.69) is 28.2 Å². The van der Waals surface area contributed by atoms with Crippen molar-refractivity contribution in [1.29, 1.82) is 0 Å². The normalized spacial score (nSPS) is 23.4. The number of ether oxygens (including phenoxy) is 1. The number of hydrogen-bond acceptors (Lipinski definition) is 4. The first-order valence-electron chi connectivity index (χ1n) is 7.18. The van der Waals surface area contributed by atoms with Crippen LogP contribution in [-0.2, 0) is 4.74 Å². The molecule has 1 aromatic heterocycles. The van der Waals surface area contributed by atoms with Gasteiger partial charge in [-0.25, -0.2) is 9.97 Å². The molecule has 5 heteroatoms. The highest BCUT2D eigenvalue weighted by Crippen LogP contribution is 2.44. The Kier molecular flexibility index (Phi) is 4.03. The van der Waals surface area contributed by atoms with E-state index < -0.39 is 0 Å². The van der Waals surface area contributed by atoms with Crippen LogP contribution in [-0.4, -0.2) is 29.7 Å². The van der Waals surface area contributed by atoms with E-state index in [1.807, 2.05) is 0 Å². The van der Waals surface area contributed by atoms with Crippen LogP contribution in [0.25, 0.3) is 0 Å². The molecule has 1 aliphatic carbocycles. The quantitative estimate of drug-likeness (QED) is 0.921. The van der Waals surface area contributed by atoms with E-state index in [1.165, 1.54) is 18.5 Å². The number of aromatic nitrogens is 2. The third kappa shape index (κ3) is 2.92. The van der Waals surface area contributed by atoms with E-state index in [9.17, 15) is 0 Å².